The van der Waals surface area contributed by atoms with E-state index in [0.29, 0.717) is 18.4 Å². The van der Waals surface area contributed by atoms with Gasteiger partial charge in [0.15, 0.2) is 0 Å². The third-order valence-electron chi connectivity index (χ3n) is 4.11. The van der Waals surface area contributed by atoms with Crippen molar-refractivity contribution in [3.63, 3.8) is 0 Å². The first-order valence-electron chi connectivity index (χ1n) is 6.96. The van der Waals surface area contributed by atoms with Crippen LogP contribution in [0, 0.1) is 5.92 Å². The Labute approximate surface area is 133 Å². The molecule has 0 saturated heterocycles. The van der Waals surface area contributed by atoms with Crippen LogP contribution in [0.4, 0.5) is 13.2 Å². The van der Waals surface area contributed by atoms with E-state index in [2.05, 4.69) is 0 Å². The Kier molecular flexibility index (Phi) is 4.83. The zero-order chi connectivity index (χ0) is 15.0. The van der Waals surface area contributed by atoms with Gasteiger partial charge in [-0.15, -0.1) is 12.4 Å². The van der Waals surface area contributed by atoms with Crippen molar-refractivity contribution >= 4 is 12.4 Å². The van der Waals surface area contributed by atoms with Crippen molar-refractivity contribution in [1.29, 1.82) is 0 Å². The van der Waals surface area contributed by atoms with Crippen molar-refractivity contribution in [3.8, 4) is 11.1 Å². The predicted molar refractivity (Wildman–Crippen MR) is 84.0 cm³/mol. The molecule has 1 nitrogen and oxygen atoms in total. The summed E-state index contributed by atoms with van der Waals surface area (Å²) in [5.41, 5.74) is 8.01. The van der Waals surface area contributed by atoms with Gasteiger partial charge in [0.05, 0.1) is 5.56 Å². The summed E-state index contributed by atoms with van der Waals surface area (Å²) < 4.78 is 37.6. The molecule has 2 atom stereocenters. The highest BCUT2D eigenvalue weighted by Crippen LogP contribution is 2.46. The van der Waals surface area contributed by atoms with E-state index in [1.165, 1.54) is 17.7 Å². The molecule has 0 amide bonds. The average Bonchev–Trinajstić information content (AvgIpc) is 3.26. The molecule has 3 rings (SSSR count). The minimum absolute atomic E-state index is 0. The molecule has 1 aliphatic carbocycles. The first-order chi connectivity index (χ1) is 9.99. The fourth-order valence-electron chi connectivity index (χ4n) is 2.69. The molecule has 2 N–H and O–H groups in total. The number of alkyl halides is 3. The molecular weight excluding hydrogens is 311 g/mol. The maximum Gasteiger partial charge on any atom is 0.416 e. The molecule has 0 radical (unpaired) electrons. The van der Waals surface area contributed by atoms with Gasteiger partial charge in [0.2, 0.25) is 0 Å². The van der Waals surface area contributed by atoms with Gasteiger partial charge in [0, 0.05) is 0 Å². The first kappa shape index (κ1) is 16.8. The van der Waals surface area contributed by atoms with E-state index in [1.54, 1.807) is 0 Å². The number of hydrogen-bond donors (Lipinski definition) is 1. The normalized spacial score (nSPS) is 20.4. The van der Waals surface area contributed by atoms with Gasteiger partial charge in [0.25, 0.3) is 0 Å². The molecule has 0 bridgehead atoms. The molecule has 0 spiro atoms. The van der Waals surface area contributed by atoms with E-state index in [4.69, 9.17) is 5.73 Å². The molecule has 5 heteroatoms. The van der Waals surface area contributed by atoms with Gasteiger partial charge < -0.3 is 5.73 Å². The summed E-state index contributed by atoms with van der Waals surface area (Å²) in [6, 6.07) is 13.3. The van der Waals surface area contributed by atoms with Crippen LogP contribution in [0.5, 0.6) is 0 Å². The molecule has 0 aliphatic heterocycles. The van der Waals surface area contributed by atoms with Crippen LogP contribution in [-0.2, 0) is 6.18 Å². The van der Waals surface area contributed by atoms with Crippen LogP contribution in [0.25, 0.3) is 11.1 Å². The van der Waals surface area contributed by atoms with Gasteiger partial charge >= 0.3 is 6.18 Å². The van der Waals surface area contributed by atoms with E-state index >= 15 is 0 Å². The number of halogens is 4. The molecular formula is C17H17ClF3N. The fraction of sp³-hybridized carbons (Fsp3) is 0.294. The van der Waals surface area contributed by atoms with Crippen molar-refractivity contribution in [2.45, 2.75) is 18.5 Å². The molecule has 118 valence electrons. The largest absolute Gasteiger partial charge is 0.416 e. The minimum Gasteiger partial charge on any atom is -0.330 e. The van der Waals surface area contributed by atoms with Crippen LogP contribution in [-0.4, -0.2) is 6.54 Å². The van der Waals surface area contributed by atoms with Crippen molar-refractivity contribution in [2.24, 2.45) is 11.7 Å². The Balaban J connectivity index is 0.00000176. The summed E-state index contributed by atoms with van der Waals surface area (Å²) in [7, 11) is 0. The summed E-state index contributed by atoms with van der Waals surface area (Å²) in [5.74, 6) is 1.14. The fourth-order valence-corrected chi connectivity index (χ4v) is 2.69. The minimum atomic E-state index is -4.29. The van der Waals surface area contributed by atoms with Gasteiger partial charge in [-0.05, 0) is 53.6 Å². The summed E-state index contributed by atoms with van der Waals surface area (Å²) >= 11 is 0. The number of benzene rings is 2. The molecule has 22 heavy (non-hydrogen) atoms. The summed E-state index contributed by atoms with van der Waals surface area (Å²) in [6.07, 6.45) is -3.15. The van der Waals surface area contributed by atoms with Gasteiger partial charge in [-0.2, -0.15) is 13.2 Å². The van der Waals surface area contributed by atoms with Crippen LogP contribution in [0.1, 0.15) is 23.5 Å². The number of hydrogen-bond acceptors (Lipinski definition) is 1. The Morgan fingerprint density at radius 2 is 1.41 bits per heavy atom. The maximum absolute atomic E-state index is 12.5. The SMILES string of the molecule is Cl.NC[C@@H]1C[C@H]1c1ccc(-c2ccc(C(F)(F)F)cc2)cc1. The third kappa shape index (κ3) is 3.45. The topological polar surface area (TPSA) is 26.0 Å². The van der Waals surface area contributed by atoms with E-state index in [9.17, 15) is 13.2 Å². The van der Waals surface area contributed by atoms with E-state index in [-0.39, 0.29) is 12.4 Å². The summed E-state index contributed by atoms with van der Waals surface area (Å²) in [4.78, 5) is 0. The van der Waals surface area contributed by atoms with E-state index < -0.39 is 11.7 Å². The standard InChI is InChI=1S/C17H16F3N.ClH/c18-17(19,20)15-7-5-12(6-8-15)11-1-3-13(4-2-11)16-9-14(16)10-21;/h1-8,14,16H,9-10,21H2;1H/t14-,16-;/m0./s1. The second-order valence-corrected chi connectivity index (χ2v) is 5.54. The van der Waals surface area contributed by atoms with Crippen molar-refractivity contribution < 1.29 is 13.2 Å². The highest BCUT2D eigenvalue weighted by Gasteiger charge is 2.36. The maximum atomic E-state index is 12.5. The van der Waals surface area contributed by atoms with Crippen LogP contribution in [0.2, 0.25) is 0 Å². The molecule has 0 unspecified atom stereocenters. The van der Waals surface area contributed by atoms with Crippen LogP contribution >= 0.6 is 12.4 Å². The Hall–Kier alpha value is -1.52. The summed E-state index contributed by atoms with van der Waals surface area (Å²) in [6.45, 7) is 0.714. The van der Waals surface area contributed by atoms with Gasteiger partial charge in [-0.25, -0.2) is 0 Å². The monoisotopic (exact) mass is 327 g/mol. The smallest absolute Gasteiger partial charge is 0.330 e. The molecule has 2 aromatic rings. The second kappa shape index (κ2) is 6.31. The van der Waals surface area contributed by atoms with Gasteiger partial charge in [-0.1, -0.05) is 36.4 Å². The molecule has 1 aliphatic rings. The first-order valence-corrected chi connectivity index (χ1v) is 6.96. The highest BCUT2D eigenvalue weighted by molar-refractivity contribution is 5.85. The summed E-state index contributed by atoms with van der Waals surface area (Å²) in [5, 5.41) is 0. The second-order valence-electron chi connectivity index (χ2n) is 5.54. The van der Waals surface area contributed by atoms with Gasteiger partial charge in [-0.3, -0.25) is 0 Å². The van der Waals surface area contributed by atoms with Gasteiger partial charge in [0.1, 0.15) is 0 Å². The number of nitrogens with two attached hydrogens (primary N) is 1. The molecule has 0 heterocycles. The third-order valence-corrected chi connectivity index (χ3v) is 4.11. The number of rotatable bonds is 3. The Morgan fingerprint density at radius 3 is 1.82 bits per heavy atom. The molecule has 0 aromatic heterocycles. The molecule has 1 fully saturated rings. The van der Waals surface area contributed by atoms with Crippen LogP contribution < -0.4 is 5.73 Å². The lowest BCUT2D eigenvalue weighted by Crippen LogP contribution is -2.04. The Bertz CT molecular complexity index is 620. The quantitative estimate of drug-likeness (QED) is 0.856. The van der Waals surface area contributed by atoms with E-state index in [0.717, 1.165) is 29.7 Å². The lowest BCUT2D eigenvalue weighted by atomic mass is 10.0. The zero-order valence-electron chi connectivity index (χ0n) is 11.8. The lowest BCUT2D eigenvalue weighted by Gasteiger charge is -2.08. The molecule has 1 saturated carbocycles. The van der Waals surface area contributed by atoms with Crippen LogP contribution in [0.15, 0.2) is 48.5 Å². The van der Waals surface area contributed by atoms with Crippen LogP contribution in [0.3, 0.4) is 0 Å². The highest BCUT2D eigenvalue weighted by atomic mass is 35.5. The predicted octanol–water partition coefficient (Wildman–Crippen LogP) is 4.86. The van der Waals surface area contributed by atoms with Crippen molar-refractivity contribution in [1.82, 2.24) is 0 Å². The van der Waals surface area contributed by atoms with Crippen molar-refractivity contribution in [3.05, 3.63) is 59.7 Å². The zero-order valence-corrected chi connectivity index (χ0v) is 12.6. The average molecular weight is 328 g/mol. The molecule has 2 aromatic carbocycles. The van der Waals surface area contributed by atoms with E-state index in [1.807, 2.05) is 24.3 Å². The Morgan fingerprint density at radius 1 is 0.909 bits per heavy atom. The lowest BCUT2D eigenvalue weighted by molar-refractivity contribution is -0.137. The van der Waals surface area contributed by atoms with Crippen molar-refractivity contribution in [2.75, 3.05) is 6.54 Å².